The summed E-state index contributed by atoms with van der Waals surface area (Å²) in [5.74, 6) is -1.96. The molecule has 1 heterocycles. The van der Waals surface area contributed by atoms with Crippen LogP contribution >= 0.6 is 0 Å². The SMILES string of the molecule is COC(=O)C1=C(Nc2ccc(F)cc2)C(=O)N(c2ccc(F)cc2)C1. The number of hydrogen-bond donors (Lipinski definition) is 1. The first-order valence-electron chi connectivity index (χ1n) is 7.41. The molecule has 1 aliphatic heterocycles. The van der Waals surface area contributed by atoms with Gasteiger partial charge in [0.15, 0.2) is 0 Å². The molecule has 128 valence electrons. The molecule has 0 spiro atoms. The highest BCUT2D eigenvalue weighted by Gasteiger charge is 2.35. The van der Waals surface area contributed by atoms with E-state index in [1.165, 1.54) is 60.5 Å². The third kappa shape index (κ3) is 3.35. The molecule has 0 aromatic heterocycles. The zero-order chi connectivity index (χ0) is 18.0. The van der Waals surface area contributed by atoms with Gasteiger partial charge >= 0.3 is 5.97 Å². The minimum absolute atomic E-state index is 0.0132. The molecule has 3 rings (SSSR count). The molecule has 0 saturated heterocycles. The summed E-state index contributed by atoms with van der Waals surface area (Å²) in [6.45, 7) is -0.0132. The molecule has 25 heavy (non-hydrogen) atoms. The van der Waals surface area contributed by atoms with Crippen molar-refractivity contribution < 1.29 is 23.1 Å². The first-order chi connectivity index (χ1) is 12.0. The summed E-state index contributed by atoms with van der Waals surface area (Å²) < 4.78 is 30.9. The van der Waals surface area contributed by atoms with Crippen LogP contribution in [-0.2, 0) is 14.3 Å². The van der Waals surface area contributed by atoms with E-state index < -0.39 is 23.5 Å². The summed E-state index contributed by atoms with van der Waals surface area (Å²) in [6, 6.07) is 10.7. The van der Waals surface area contributed by atoms with Crippen molar-refractivity contribution in [2.75, 3.05) is 23.9 Å². The number of nitrogens with one attached hydrogen (secondary N) is 1. The maximum Gasteiger partial charge on any atom is 0.337 e. The van der Waals surface area contributed by atoms with Gasteiger partial charge in [-0.2, -0.15) is 0 Å². The summed E-state index contributed by atoms with van der Waals surface area (Å²) in [4.78, 5) is 26.1. The molecule has 7 heteroatoms. The van der Waals surface area contributed by atoms with E-state index in [1.54, 1.807) is 0 Å². The highest BCUT2D eigenvalue weighted by Crippen LogP contribution is 2.27. The molecule has 1 amide bonds. The average molecular weight is 344 g/mol. The number of halogens is 2. The van der Waals surface area contributed by atoms with Crippen LogP contribution < -0.4 is 10.2 Å². The lowest BCUT2D eigenvalue weighted by Gasteiger charge is -2.17. The quantitative estimate of drug-likeness (QED) is 0.867. The second-order valence-corrected chi connectivity index (χ2v) is 5.34. The van der Waals surface area contributed by atoms with E-state index in [1.807, 2.05) is 0 Å². The summed E-state index contributed by atoms with van der Waals surface area (Å²) in [7, 11) is 1.22. The summed E-state index contributed by atoms with van der Waals surface area (Å²) in [5, 5.41) is 2.84. The molecule has 0 unspecified atom stereocenters. The van der Waals surface area contributed by atoms with Crippen molar-refractivity contribution in [1.82, 2.24) is 0 Å². The number of ether oxygens (including phenoxy) is 1. The standard InChI is InChI=1S/C18H14F2N2O3/c1-25-18(24)15-10-22(14-8-4-12(20)5-9-14)17(23)16(15)21-13-6-2-11(19)3-7-13/h2-9,21H,10H2,1H3. The number of carbonyl (C=O) groups is 2. The molecule has 0 radical (unpaired) electrons. The van der Waals surface area contributed by atoms with Crippen molar-refractivity contribution in [3.05, 3.63) is 71.4 Å². The second kappa shape index (κ2) is 6.72. The fourth-order valence-corrected chi connectivity index (χ4v) is 2.50. The van der Waals surface area contributed by atoms with Crippen LogP contribution in [0.4, 0.5) is 20.2 Å². The fourth-order valence-electron chi connectivity index (χ4n) is 2.50. The van der Waals surface area contributed by atoms with E-state index in [0.717, 1.165) is 0 Å². The number of rotatable bonds is 4. The Morgan fingerprint density at radius 3 is 2.16 bits per heavy atom. The molecule has 1 aliphatic rings. The Hall–Kier alpha value is -3.22. The average Bonchev–Trinajstić information content (AvgIpc) is 2.94. The Balaban J connectivity index is 1.93. The maximum absolute atomic E-state index is 13.1. The molecule has 1 N–H and O–H groups in total. The van der Waals surface area contributed by atoms with E-state index in [0.29, 0.717) is 11.4 Å². The molecule has 0 atom stereocenters. The molecular weight excluding hydrogens is 330 g/mol. The van der Waals surface area contributed by atoms with Gasteiger partial charge in [-0.3, -0.25) is 4.79 Å². The molecule has 2 aromatic carbocycles. The van der Waals surface area contributed by atoms with Crippen LogP contribution in [0.3, 0.4) is 0 Å². The van der Waals surface area contributed by atoms with Gasteiger partial charge < -0.3 is 15.0 Å². The first kappa shape index (κ1) is 16.6. The van der Waals surface area contributed by atoms with Gasteiger partial charge in [0.25, 0.3) is 5.91 Å². The van der Waals surface area contributed by atoms with E-state index in [-0.39, 0.29) is 17.8 Å². The molecule has 5 nitrogen and oxygen atoms in total. The van der Waals surface area contributed by atoms with E-state index in [9.17, 15) is 18.4 Å². The van der Waals surface area contributed by atoms with E-state index >= 15 is 0 Å². The number of hydrogen-bond acceptors (Lipinski definition) is 4. The molecule has 0 fully saturated rings. The number of carbonyl (C=O) groups excluding carboxylic acids is 2. The van der Waals surface area contributed by atoms with Crippen LogP contribution in [0.15, 0.2) is 59.8 Å². The zero-order valence-electron chi connectivity index (χ0n) is 13.3. The van der Waals surface area contributed by atoms with Crippen molar-refractivity contribution >= 4 is 23.3 Å². The first-order valence-corrected chi connectivity index (χ1v) is 7.41. The van der Waals surface area contributed by atoms with Gasteiger partial charge in [0.2, 0.25) is 0 Å². The van der Waals surface area contributed by atoms with Gasteiger partial charge in [-0.15, -0.1) is 0 Å². The topological polar surface area (TPSA) is 58.6 Å². The van der Waals surface area contributed by atoms with Crippen LogP contribution in [0.5, 0.6) is 0 Å². The van der Waals surface area contributed by atoms with Crippen molar-refractivity contribution in [2.24, 2.45) is 0 Å². The summed E-state index contributed by atoms with van der Waals surface area (Å²) >= 11 is 0. The van der Waals surface area contributed by atoms with Crippen LogP contribution in [0.2, 0.25) is 0 Å². The molecular formula is C18H14F2N2O3. The van der Waals surface area contributed by atoms with Crippen LogP contribution in [0, 0.1) is 11.6 Å². The van der Waals surface area contributed by atoms with E-state index in [2.05, 4.69) is 5.32 Å². The number of benzene rings is 2. The van der Waals surface area contributed by atoms with Gasteiger partial charge in [0.05, 0.1) is 19.2 Å². The van der Waals surface area contributed by atoms with Crippen LogP contribution in [-0.4, -0.2) is 25.5 Å². The number of anilines is 2. The number of methoxy groups -OCH3 is 1. The highest BCUT2D eigenvalue weighted by atomic mass is 19.1. The number of nitrogens with zero attached hydrogens (tertiary/aromatic N) is 1. The Bertz CT molecular complexity index is 846. The summed E-state index contributed by atoms with van der Waals surface area (Å²) in [6.07, 6.45) is 0. The Morgan fingerprint density at radius 1 is 1.04 bits per heavy atom. The third-order valence-corrected chi connectivity index (χ3v) is 3.76. The molecule has 0 bridgehead atoms. The lowest BCUT2D eigenvalue weighted by atomic mass is 10.2. The zero-order valence-corrected chi connectivity index (χ0v) is 13.3. The van der Waals surface area contributed by atoms with Crippen molar-refractivity contribution in [3.63, 3.8) is 0 Å². The Kier molecular flexibility index (Phi) is 4.47. The minimum Gasteiger partial charge on any atom is -0.466 e. The second-order valence-electron chi connectivity index (χ2n) is 5.34. The highest BCUT2D eigenvalue weighted by molar-refractivity contribution is 6.16. The van der Waals surface area contributed by atoms with Gasteiger partial charge in [0.1, 0.15) is 17.3 Å². The molecule has 0 saturated carbocycles. The van der Waals surface area contributed by atoms with Gasteiger partial charge in [-0.1, -0.05) is 0 Å². The lowest BCUT2D eigenvalue weighted by Crippen LogP contribution is -2.28. The molecule has 0 aliphatic carbocycles. The predicted molar refractivity (Wildman–Crippen MR) is 87.8 cm³/mol. The van der Waals surface area contributed by atoms with Gasteiger partial charge in [-0.25, -0.2) is 13.6 Å². The number of amides is 1. The Morgan fingerprint density at radius 2 is 1.60 bits per heavy atom. The van der Waals surface area contributed by atoms with Crippen molar-refractivity contribution in [2.45, 2.75) is 0 Å². The fraction of sp³-hybridized carbons (Fsp3) is 0.111. The summed E-state index contributed by atoms with van der Waals surface area (Å²) in [5.41, 5.74) is 1.08. The minimum atomic E-state index is -0.650. The largest absolute Gasteiger partial charge is 0.466 e. The van der Waals surface area contributed by atoms with E-state index in [4.69, 9.17) is 4.74 Å². The smallest absolute Gasteiger partial charge is 0.337 e. The Labute approximate surface area is 142 Å². The number of esters is 1. The van der Waals surface area contributed by atoms with Crippen molar-refractivity contribution in [3.8, 4) is 0 Å². The third-order valence-electron chi connectivity index (χ3n) is 3.76. The maximum atomic E-state index is 13.1. The van der Waals surface area contributed by atoms with Crippen molar-refractivity contribution in [1.29, 1.82) is 0 Å². The van der Waals surface area contributed by atoms with Crippen LogP contribution in [0.1, 0.15) is 0 Å². The normalized spacial score (nSPS) is 14.0. The lowest BCUT2D eigenvalue weighted by molar-refractivity contribution is -0.136. The monoisotopic (exact) mass is 344 g/mol. The predicted octanol–water partition coefficient (Wildman–Crippen LogP) is 2.85. The molecule has 2 aromatic rings. The van der Waals surface area contributed by atoms with Gasteiger partial charge in [0, 0.05) is 11.4 Å². The van der Waals surface area contributed by atoms with Crippen LogP contribution in [0.25, 0.3) is 0 Å². The van der Waals surface area contributed by atoms with Gasteiger partial charge in [-0.05, 0) is 48.5 Å².